The molecule has 0 fully saturated rings. The second-order valence-corrected chi connectivity index (χ2v) is 5.50. The van der Waals surface area contributed by atoms with E-state index in [1.807, 2.05) is 0 Å². The van der Waals surface area contributed by atoms with Crippen LogP contribution in [0.15, 0.2) is 37.0 Å². The van der Waals surface area contributed by atoms with Crippen LogP contribution >= 0.6 is 0 Å². The first-order valence-electron chi connectivity index (χ1n) is 8.55. The molecule has 0 atom stereocenters. The molecule has 0 spiro atoms. The molecule has 0 saturated heterocycles. The minimum Gasteiger partial charge on any atom is -0.478 e. The molecule has 150 valence electrons. The summed E-state index contributed by atoms with van der Waals surface area (Å²) in [4.78, 5) is 30.4. The van der Waals surface area contributed by atoms with Gasteiger partial charge in [-0.25, -0.2) is 14.4 Å². The van der Waals surface area contributed by atoms with Crippen molar-refractivity contribution in [1.82, 2.24) is 0 Å². The number of esters is 2. The van der Waals surface area contributed by atoms with Crippen molar-refractivity contribution in [2.75, 3.05) is 13.7 Å². The maximum atomic E-state index is 10.6. The molecule has 0 unspecified atom stereocenters. The van der Waals surface area contributed by atoms with Crippen LogP contribution in [0.1, 0.15) is 59.3 Å². The first-order chi connectivity index (χ1) is 12.1. The van der Waals surface area contributed by atoms with Crippen LogP contribution in [-0.4, -0.2) is 36.7 Å². The Kier molecular flexibility index (Phi) is 22.6. The van der Waals surface area contributed by atoms with Crippen LogP contribution in [0.5, 0.6) is 0 Å². The SMILES string of the molecule is C=C(C)C(=O)O.C=C(C)C(=O)OC.C=CC(=O)OCCCCCCCC. The molecule has 0 saturated carbocycles. The first kappa shape index (κ1) is 28.4. The first-order valence-corrected chi connectivity index (χ1v) is 8.55. The summed E-state index contributed by atoms with van der Waals surface area (Å²) in [6, 6.07) is 0. The summed E-state index contributed by atoms with van der Waals surface area (Å²) in [6.45, 7) is 15.6. The van der Waals surface area contributed by atoms with Gasteiger partial charge in [-0.3, -0.25) is 0 Å². The number of rotatable bonds is 10. The average Bonchev–Trinajstić information content (AvgIpc) is 2.60. The largest absolute Gasteiger partial charge is 0.478 e. The number of aliphatic carboxylic acids is 1. The van der Waals surface area contributed by atoms with Crippen LogP contribution in [0, 0.1) is 0 Å². The molecule has 1 N–H and O–H groups in total. The van der Waals surface area contributed by atoms with Crippen LogP contribution in [0.25, 0.3) is 0 Å². The summed E-state index contributed by atoms with van der Waals surface area (Å²) in [6.07, 6.45) is 8.47. The molecule has 6 heteroatoms. The zero-order valence-electron chi connectivity index (χ0n) is 16.6. The van der Waals surface area contributed by atoms with E-state index in [2.05, 4.69) is 31.4 Å². The maximum absolute atomic E-state index is 10.6. The lowest BCUT2D eigenvalue weighted by Crippen LogP contribution is -2.01. The Hall–Kier alpha value is -2.37. The molecule has 0 aliphatic carbocycles. The Morgan fingerprint density at radius 2 is 1.42 bits per heavy atom. The van der Waals surface area contributed by atoms with Gasteiger partial charge in [0, 0.05) is 17.2 Å². The van der Waals surface area contributed by atoms with Gasteiger partial charge >= 0.3 is 17.9 Å². The Morgan fingerprint density at radius 1 is 0.962 bits per heavy atom. The number of carbonyl (C=O) groups is 3. The summed E-state index contributed by atoms with van der Waals surface area (Å²) < 4.78 is 9.11. The molecule has 6 nitrogen and oxygen atoms in total. The molecular formula is C20H34O6. The minimum atomic E-state index is -0.935. The fourth-order valence-electron chi connectivity index (χ4n) is 1.29. The van der Waals surface area contributed by atoms with Crippen molar-refractivity contribution in [2.45, 2.75) is 59.3 Å². The summed E-state index contributed by atoms with van der Waals surface area (Å²) >= 11 is 0. The van der Waals surface area contributed by atoms with Gasteiger partial charge < -0.3 is 14.6 Å². The Labute approximate surface area is 157 Å². The number of unbranched alkanes of at least 4 members (excludes halogenated alkanes) is 5. The number of carboxylic acid groups (broad SMARTS) is 1. The van der Waals surface area contributed by atoms with E-state index in [9.17, 15) is 14.4 Å². The van der Waals surface area contributed by atoms with Crippen molar-refractivity contribution in [3.8, 4) is 0 Å². The molecular weight excluding hydrogens is 336 g/mol. The molecule has 0 aromatic carbocycles. The van der Waals surface area contributed by atoms with Crippen LogP contribution < -0.4 is 0 Å². The highest BCUT2D eigenvalue weighted by molar-refractivity contribution is 5.86. The third-order valence-electron chi connectivity index (χ3n) is 2.81. The molecule has 0 radical (unpaired) electrons. The van der Waals surface area contributed by atoms with E-state index in [1.54, 1.807) is 6.92 Å². The zero-order chi connectivity index (χ0) is 21.0. The molecule has 0 aromatic rings. The number of carboxylic acids is 1. The third kappa shape index (κ3) is 26.5. The molecule has 26 heavy (non-hydrogen) atoms. The van der Waals surface area contributed by atoms with Gasteiger partial charge in [0.25, 0.3) is 0 Å². The van der Waals surface area contributed by atoms with Gasteiger partial charge in [-0.2, -0.15) is 0 Å². The standard InChI is InChI=1S/C11H20O2.C5H8O2.C4H6O2/c1-3-5-6-7-8-9-10-13-11(12)4-2;1-4(2)5(6)7-3;1-3(2)4(5)6/h4H,2-3,5-10H2,1H3;1H2,2-3H3;1H2,2H3,(H,5,6). The van der Waals surface area contributed by atoms with Gasteiger partial charge in [0.05, 0.1) is 13.7 Å². The molecule has 0 aliphatic heterocycles. The van der Waals surface area contributed by atoms with E-state index in [-0.39, 0.29) is 17.5 Å². The van der Waals surface area contributed by atoms with Gasteiger partial charge in [0.2, 0.25) is 0 Å². The zero-order valence-corrected chi connectivity index (χ0v) is 16.6. The van der Waals surface area contributed by atoms with Crippen molar-refractivity contribution in [3.05, 3.63) is 37.0 Å². The van der Waals surface area contributed by atoms with E-state index in [0.29, 0.717) is 12.2 Å². The average molecular weight is 370 g/mol. The van der Waals surface area contributed by atoms with Gasteiger partial charge in [-0.15, -0.1) is 0 Å². The van der Waals surface area contributed by atoms with Crippen molar-refractivity contribution in [1.29, 1.82) is 0 Å². The molecule has 0 aromatic heterocycles. The van der Waals surface area contributed by atoms with Crippen LogP contribution in [0.2, 0.25) is 0 Å². The maximum Gasteiger partial charge on any atom is 0.332 e. The number of ether oxygens (including phenoxy) is 2. The van der Waals surface area contributed by atoms with E-state index < -0.39 is 5.97 Å². The quantitative estimate of drug-likeness (QED) is 0.347. The highest BCUT2D eigenvalue weighted by atomic mass is 16.5. The normalized spacial score (nSPS) is 8.62. The fraction of sp³-hybridized carbons (Fsp3) is 0.550. The molecule has 0 aliphatic rings. The van der Waals surface area contributed by atoms with Gasteiger partial charge in [0.15, 0.2) is 0 Å². The van der Waals surface area contributed by atoms with E-state index in [0.717, 1.165) is 12.8 Å². The van der Waals surface area contributed by atoms with E-state index in [4.69, 9.17) is 9.84 Å². The second-order valence-electron chi connectivity index (χ2n) is 5.50. The molecule has 0 rings (SSSR count). The number of carbonyl (C=O) groups excluding carboxylic acids is 2. The highest BCUT2D eigenvalue weighted by Crippen LogP contribution is 2.04. The van der Waals surface area contributed by atoms with Crippen LogP contribution in [0.4, 0.5) is 0 Å². The number of methoxy groups -OCH3 is 1. The lowest BCUT2D eigenvalue weighted by atomic mass is 10.1. The fourth-order valence-corrected chi connectivity index (χ4v) is 1.29. The van der Waals surface area contributed by atoms with E-state index in [1.165, 1.54) is 45.8 Å². The molecule has 0 amide bonds. The summed E-state index contributed by atoms with van der Waals surface area (Å²) in [5, 5.41) is 7.89. The van der Waals surface area contributed by atoms with Gasteiger partial charge in [0.1, 0.15) is 0 Å². The summed E-state index contributed by atoms with van der Waals surface area (Å²) in [5.41, 5.74) is 0.609. The Bertz CT molecular complexity index is 439. The second kappa shape index (κ2) is 20.7. The van der Waals surface area contributed by atoms with Gasteiger partial charge in [-0.05, 0) is 20.3 Å². The van der Waals surface area contributed by atoms with Gasteiger partial charge in [-0.1, -0.05) is 58.8 Å². The smallest absolute Gasteiger partial charge is 0.332 e. The predicted octanol–water partition coefficient (Wildman–Crippen LogP) is 4.46. The van der Waals surface area contributed by atoms with Crippen LogP contribution in [-0.2, 0) is 23.9 Å². The minimum absolute atomic E-state index is 0.176. The lowest BCUT2D eigenvalue weighted by molar-refractivity contribution is -0.138. The van der Waals surface area contributed by atoms with Crippen LogP contribution in [0.3, 0.4) is 0 Å². The number of hydrogen-bond acceptors (Lipinski definition) is 5. The highest BCUT2D eigenvalue weighted by Gasteiger charge is 1.96. The lowest BCUT2D eigenvalue weighted by Gasteiger charge is -2.01. The summed E-state index contributed by atoms with van der Waals surface area (Å²) in [5.74, 6) is -1.59. The predicted molar refractivity (Wildman–Crippen MR) is 104 cm³/mol. The van der Waals surface area contributed by atoms with Crippen molar-refractivity contribution in [3.63, 3.8) is 0 Å². The third-order valence-corrected chi connectivity index (χ3v) is 2.81. The monoisotopic (exact) mass is 370 g/mol. The van der Waals surface area contributed by atoms with E-state index >= 15 is 0 Å². The number of hydrogen-bond donors (Lipinski definition) is 1. The topological polar surface area (TPSA) is 89.9 Å². The summed E-state index contributed by atoms with van der Waals surface area (Å²) in [7, 11) is 1.33. The van der Waals surface area contributed by atoms with Crippen molar-refractivity contribution < 1.29 is 29.0 Å². The van der Waals surface area contributed by atoms with Crippen molar-refractivity contribution in [2.24, 2.45) is 0 Å². The Morgan fingerprint density at radius 3 is 1.73 bits per heavy atom. The molecule has 0 heterocycles. The Balaban J connectivity index is -0.000000342. The molecule has 0 bridgehead atoms. The van der Waals surface area contributed by atoms with Crippen molar-refractivity contribution >= 4 is 17.9 Å².